The van der Waals surface area contributed by atoms with Crippen LogP contribution in [0.2, 0.25) is 0 Å². The second kappa shape index (κ2) is 5.68. The molecule has 112 valence electrons. The van der Waals surface area contributed by atoms with Gasteiger partial charge in [0.2, 0.25) is 5.91 Å². The predicted octanol–water partition coefficient (Wildman–Crippen LogP) is 2.48. The van der Waals surface area contributed by atoms with Crippen LogP contribution in [-0.2, 0) is 11.3 Å². The number of aromatic nitrogens is 3. The van der Waals surface area contributed by atoms with Crippen molar-refractivity contribution >= 4 is 5.91 Å². The number of hydrogen-bond acceptors (Lipinski definition) is 3. The predicted molar refractivity (Wildman–Crippen MR) is 82.8 cm³/mol. The molecule has 0 bridgehead atoms. The fourth-order valence-corrected chi connectivity index (χ4v) is 2.16. The Morgan fingerprint density at radius 3 is 2.62 bits per heavy atom. The van der Waals surface area contributed by atoms with Crippen molar-refractivity contribution in [2.24, 2.45) is 0 Å². The van der Waals surface area contributed by atoms with Gasteiger partial charge in [-0.05, 0) is 40.7 Å². The van der Waals surface area contributed by atoms with Gasteiger partial charge in [0.1, 0.15) is 12.4 Å². The number of aryl methyl sites for hydroxylation is 2. The third-order valence-corrected chi connectivity index (χ3v) is 2.86. The summed E-state index contributed by atoms with van der Waals surface area (Å²) < 4.78 is 1.66. The van der Waals surface area contributed by atoms with E-state index in [0.29, 0.717) is 5.82 Å². The molecule has 1 aromatic heterocycles. The summed E-state index contributed by atoms with van der Waals surface area (Å²) in [4.78, 5) is 16.5. The van der Waals surface area contributed by atoms with Gasteiger partial charge in [-0.2, -0.15) is 5.10 Å². The van der Waals surface area contributed by atoms with Gasteiger partial charge in [0.05, 0.1) is 0 Å². The van der Waals surface area contributed by atoms with E-state index < -0.39 is 0 Å². The molecule has 0 saturated heterocycles. The Morgan fingerprint density at radius 2 is 2.00 bits per heavy atom. The molecule has 0 atom stereocenters. The fraction of sp³-hybridized carbons (Fsp3) is 0.438. The average molecular weight is 286 g/mol. The monoisotopic (exact) mass is 286 g/mol. The van der Waals surface area contributed by atoms with Crippen LogP contribution in [-0.4, -0.2) is 26.2 Å². The Morgan fingerprint density at radius 1 is 1.29 bits per heavy atom. The molecule has 1 amide bonds. The van der Waals surface area contributed by atoms with Crippen molar-refractivity contribution in [3.63, 3.8) is 0 Å². The van der Waals surface area contributed by atoms with Crippen molar-refractivity contribution in [1.29, 1.82) is 0 Å². The first-order valence-corrected chi connectivity index (χ1v) is 7.04. The van der Waals surface area contributed by atoms with Gasteiger partial charge in [-0.3, -0.25) is 4.79 Å². The second-order valence-corrected chi connectivity index (χ2v) is 6.31. The van der Waals surface area contributed by atoms with Crippen LogP contribution in [0, 0.1) is 13.8 Å². The standard InChI is InChI=1S/C16H22N4O/c1-11-7-6-8-13(9-11)15-17-12(2)19-20(15)10-14(21)18-16(3,4)5/h6-9H,10H2,1-5H3,(H,18,21). The van der Waals surface area contributed by atoms with Crippen molar-refractivity contribution in [3.8, 4) is 11.4 Å². The van der Waals surface area contributed by atoms with Crippen LogP contribution in [0.1, 0.15) is 32.2 Å². The number of nitrogens with one attached hydrogen (secondary N) is 1. The van der Waals surface area contributed by atoms with E-state index in [2.05, 4.69) is 15.4 Å². The molecule has 0 unspecified atom stereocenters. The normalized spacial score (nSPS) is 11.5. The van der Waals surface area contributed by atoms with Crippen LogP contribution in [0.4, 0.5) is 0 Å². The maximum absolute atomic E-state index is 12.1. The highest BCUT2D eigenvalue weighted by atomic mass is 16.2. The molecule has 0 aliphatic carbocycles. The highest BCUT2D eigenvalue weighted by molar-refractivity contribution is 5.77. The molecule has 21 heavy (non-hydrogen) atoms. The number of carbonyl (C=O) groups is 1. The number of hydrogen-bond donors (Lipinski definition) is 1. The summed E-state index contributed by atoms with van der Waals surface area (Å²) in [7, 11) is 0. The lowest BCUT2D eigenvalue weighted by atomic mass is 10.1. The molecule has 5 heteroatoms. The zero-order chi connectivity index (χ0) is 15.6. The van der Waals surface area contributed by atoms with E-state index in [-0.39, 0.29) is 18.0 Å². The minimum Gasteiger partial charge on any atom is -0.350 e. The maximum atomic E-state index is 12.1. The van der Waals surface area contributed by atoms with E-state index in [9.17, 15) is 4.79 Å². The van der Waals surface area contributed by atoms with Crippen molar-refractivity contribution in [1.82, 2.24) is 20.1 Å². The third kappa shape index (κ3) is 4.15. The number of amides is 1. The topological polar surface area (TPSA) is 59.8 Å². The van der Waals surface area contributed by atoms with Gasteiger partial charge in [-0.1, -0.05) is 23.8 Å². The summed E-state index contributed by atoms with van der Waals surface area (Å²) in [6, 6.07) is 8.04. The Hall–Kier alpha value is -2.17. The average Bonchev–Trinajstić information content (AvgIpc) is 2.67. The molecule has 1 heterocycles. The van der Waals surface area contributed by atoms with Crippen molar-refractivity contribution in [2.45, 2.75) is 46.7 Å². The van der Waals surface area contributed by atoms with Crippen molar-refractivity contribution < 1.29 is 4.79 Å². The molecule has 5 nitrogen and oxygen atoms in total. The van der Waals surface area contributed by atoms with E-state index >= 15 is 0 Å². The Balaban J connectivity index is 2.27. The van der Waals surface area contributed by atoms with Gasteiger partial charge in [0, 0.05) is 11.1 Å². The summed E-state index contributed by atoms with van der Waals surface area (Å²) in [6.07, 6.45) is 0. The molecule has 0 aliphatic heterocycles. The molecular weight excluding hydrogens is 264 g/mol. The van der Waals surface area contributed by atoms with Crippen LogP contribution in [0.25, 0.3) is 11.4 Å². The Bertz CT molecular complexity index is 653. The van der Waals surface area contributed by atoms with E-state index in [1.54, 1.807) is 4.68 Å². The first-order chi connectivity index (χ1) is 9.74. The minimum atomic E-state index is -0.254. The number of nitrogens with zero attached hydrogens (tertiary/aromatic N) is 3. The lowest BCUT2D eigenvalue weighted by Crippen LogP contribution is -2.42. The molecular formula is C16H22N4O. The summed E-state index contributed by atoms with van der Waals surface area (Å²) in [5.74, 6) is 1.32. The van der Waals surface area contributed by atoms with Crippen LogP contribution in [0.3, 0.4) is 0 Å². The summed E-state index contributed by atoms with van der Waals surface area (Å²) in [6.45, 7) is 9.90. The quantitative estimate of drug-likeness (QED) is 0.943. The summed E-state index contributed by atoms with van der Waals surface area (Å²) in [5, 5.41) is 7.27. The van der Waals surface area contributed by atoms with Gasteiger partial charge < -0.3 is 5.32 Å². The van der Waals surface area contributed by atoms with Gasteiger partial charge in [-0.25, -0.2) is 9.67 Å². The van der Waals surface area contributed by atoms with E-state index in [1.807, 2.05) is 58.9 Å². The second-order valence-electron chi connectivity index (χ2n) is 6.31. The van der Waals surface area contributed by atoms with Crippen LogP contribution < -0.4 is 5.32 Å². The SMILES string of the molecule is Cc1cccc(-c2nc(C)nn2CC(=O)NC(C)(C)C)c1. The zero-order valence-electron chi connectivity index (χ0n) is 13.3. The highest BCUT2D eigenvalue weighted by Gasteiger charge is 2.17. The molecule has 1 aromatic carbocycles. The lowest BCUT2D eigenvalue weighted by Gasteiger charge is -2.20. The van der Waals surface area contributed by atoms with Gasteiger partial charge >= 0.3 is 0 Å². The number of carbonyl (C=O) groups excluding carboxylic acids is 1. The summed E-state index contributed by atoms with van der Waals surface area (Å²) in [5.41, 5.74) is 1.87. The van der Waals surface area contributed by atoms with Crippen LogP contribution in [0.5, 0.6) is 0 Å². The van der Waals surface area contributed by atoms with Crippen molar-refractivity contribution in [2.75, 3.05) is 0 Å². The Kier molecular flexibility index (Phi) is 4.11. The first kappa shape index (κ1) is 15.2. The summed E-state index contributed by atoms with van der Waals surface area (Å²) >= 11 is 0. The molecule has 0 fully saturated rings. The molecule has 1 N–H and O–H groups in total. The third-order valence-electron chi connectivity index (χ3n) is 2.86. The smallest absolute Gasteiger partial charge is 0.242 e. The van der Waals surface area contributed by atoms with Gasteiger partial charge in [0.25, 0.3) is 0 Å². The zero-order valence-corrected chi connectivity index (χ0v) is 13.3. The molecule has 0 saturated carbocycles. The fourth-order valence-electron chi connectivity index (χ4n) is 2.16. The Labute approximate surface area is 125 Å². The van der Waals surface area contributed by atoms with Gasteiger partial charge in [-0.15, -0.1) is 0 Å². The highest BCUT2D eigenvalue weighted by Crippen LogP contribution is 2.18. The van der Waals surface area contributed by atoms with Crippen LogP contribution >= 0.6 is 0 Å². The molecule has 2 aromatic rings. The number of rotatable bonds is 3. The minimum absolute atomic E-state index is 0.0682. The molecule has 0 spiro atoms. The van der Waals surface area contributed by atoms with Gasteiger partial charge in [0.15, 0.2) is 5.82 Å². The lowest BCUT2D eigenvalue weighted by molar-refractivity contribution is -0.123. The van der Waals surface area contributed by atoms with E-state index in [4.69, 9.17) is 0 Å². The molecule has 0 radical (unpaired) electrons. The van der Waals surface area contributed by atoms with E-state index in [1.165, 1.54) is 0 Å². The molecule has 2 rings (SSSR count). The maximum Gasteiger partial charge on any atom is 0.242 e. The van der Waals surface area contributed by atoms with Crippen molar-refractivity contribution in [3.05, 3.63) is 35.7 Å². The largest absolute Gasteiger partial charge is 0.350 e. The number of benzene rings is 1. The van der Waals surface area contributed by atoms with Crippen LogP contribution in [0.15, 0.2) is 24.3 Å². The molecule has 0 aliphatic rings. The van der Waals surface area contributed by atoms with E-state index in [0.717, 1.165) is 17.0 Å². The first-order valence-electron chi connectivity index (χ1n) is 7.04.